The Morgan fingerprint density at radius 1 is 1.33 bits per heavy atom. The van der Waals surface area contributed by atoms with Crippen LogP contribution < -0.4 is 5.73 Å². The van der Waals surface area contributed by atoms with Gasteiger partial charge in [0.15, 0.2) is 0 Å². The Bertz CT molecular complexity index is 240. The molecule has 1 aliphatic heterocycles. The van der Waals surface area contributed by atoms with Gasteiger partial charge in [-0.2, -0.15) is 0 Å². The highest BCUT2D eigenvalue weighted by molar-refractivity contribution is 4.91. The van der Waals surface area contributed by atoms with Crippen molar-refractivity contribution in [2.75, 3.05) is 40.0 Å². The van der Waals surface area contributed by atoms with Gasteiger partial charge in [-0.05, 0) is 32.1 Å². The van der Waals surface area contributed by atoms with Gasteiger partial charge in [0.25, 0.3) is 0 Å². The lowest BCUT2D eigenvalue weighted by atomic mass is 9.95. The summed E-state index contributed by atoms with van der Waals surface area (Å²) >= 11 is 0. The minimum absolute atomic E-state index is 0.457. The van der Waals surface area contributed by atoms with Crippen molar-refractivity contribution in [3.8, 4) is 0 Å². The van der Waals surface area contributed by atoms with Gasteiger partial charge in [0.1, 0.15) is 0 Å². The lowest BCUT2D eigenvalue weighted by Crippen LogP contribution is -2.51. The third kappa shape index (κ3) is 3.44. The van der Waals surface area contributed by atoms with Crippen molar-refractivity contribution in [2.24, 2.45) is 17.6 Å². The zero-order valence-electron chi connectivity index (χ0n) is 11.8. The van der Waals surface area contributed by atoms with E-state index >= 15 is 0 Å². The van der Waals surface area contributed by atoms with E-state index in [0.717, 1.165) is 45.2 Å². The molecule has 106 valence electrons. The van der Waals surface area contributed by atoms with E-state index < -0.39 is 0 Å². The first-order chi connectivity index (χ1) is 8.77. The molecule has 1 saturated heterocycles. The van der Waals surface area contributed by atoms with Crippen molar-refractivity contribution in [3.05, 3.63) is 0 Å². The molecule has 2 aliphatic rings. The van der Waals surface area contributed by atoms with Crippen LogP contribution in [0.3, 0.4) is 0 Å². The summed E-state index contributed by atoms with van der Waals surface area (Å²) in [6, 6.07) is 1.09. The molecule has 3 unspecified atom stereocenters. The molecule has 0 aromatic heterocycles. The highest BCUT2D eigenvalue weighted by atomic mass is 16.5. The Morgan fingerprint density at radius 3 is 2.61 bits per heavy atom. The molecule has 0 bridgehead atoms. The predicted molar refractivity (Wildman–Crippen MR) is 72.5 cm³/mol. The summed E-state index contributed by atoms with van der Waals surface area (Å²) in [5, 5.41) is 0. The standard InChI is InChI=1S/C14H28N2O2/c1-11(12-3-4-12)16(6-8-17-2)14(9-15)13-5-7-18-10-13/h11-14H,3-10,15H2,1-2H3. The number of hydrogen-bond acceptors (Lipinski definition) is 4. The molecule has 3 atom stereocenters. The van der Waals surface area contributed by atoms with Crippen LogP contribution in [0.5, 0.6) is 0 Å². The van der Waals surface area contributed by atoms with Gasteiger partial charge in [-0.1, -0.05) is 0 Å². The first-order valence-electron chi connectivity index (χ1n) is 7.30. The average molecular weight is 256 g/mol. The molecule has 1 aliphatic carbocycles. The Balaban J connectivity index is 1.98. The van der Waals surface area contributed by atoms with Crippen LogP contribution >= 0.6 is 0 Å². The normalized spacial score (nSPS) is 27.7. The monoisotopic (exact) mass is 256 g/mol. The number of nitrogens with two attached hydrogens (primary N) is 1. The summed E-state index contributed by atoms with van der Waals surface area (Å²) in [6.07, 6.45) is 3.91. The van der Waals surface area contributed by atoms with Crippen molar-refractivity contribution >= 4 is 0 Å². The quantitative estimate of drug-likeness (QED) is 0.706. The first kappa shape index (κ1) is 14.3. The maximum atomic E-state index is 6.05. The predicted octanol–water partition coefficient (Wildman–Crippen LogP) is 1.10. The maximum Gasteiger partial charge on any atom is 0.0589 e. The van der Waals surface area contributed by atoms with E-state index in [1.165, 1.54) is 12.8 Å². The highest BCUT2D eigenvalue weighted by Crippen LogP contribution is 2.37. The lowest BCUT2D eigenvalue weighted by Gasteiger charge is -2.38. The molecule has 2 N–H and O–H groups in total. The summed E-state index contributed by atoms with van der Waals surface area (Å²) in [7, 11) is 1.77. The molecule has 2 fully saturated rings. The minimum atomic E-state index is 0.457. The van der Waals surface area contributed by atoms with E-state index in [2.05, 4.69) is 11.8 Å². The van der Waals surface area contributed by atoms with Gasteiger partial charge in [0, 0.05) is 44.8 Å². The molecule has 2 rings (SSSR count). The van der Waals surface area contributed by atoms with E-state index in [0.29, 0.717) is 18.0 Å². The van der Waals surface area contributed by atoms with Crippen LogP contribution in [0.15, 0.2) is 0 Å². The second-order valence-corrected chi connectivity index (χ2v) is 5.74. The van der Waals surface area contributed by atoms with Gasteiger partial charge in [0.2, 0.25) is 0 Å². The molecule has 0 spiro atoms. The SMILES string of the molecule is COCCN(C(C)C1CC1)C(CN)C1CCOC1. The molecule has 4 heteroatoms. The van der Waals surface area contributed by atoms with Crippen LogP contribution in [0.25, 0.3) is 0 Å². The summed E-state index contributed by atoms with van der Waals surface area (Å²) in [4.78, 5) is 2.58. The summed E-state index contributed by atoms with van der Waals surface area (Å²) in [5.41, 5.74) is 6.05. The second kappa shape index (κ2) is 6.85. The van der Waals surface area contributed by atoms with E-state index in [1.54, 1.807) is 7.11 Å². The Morgan fingerprint density at radius 2 is 2.11 bits per heavy atom. The number of hydrogen-bond donors (Lipinski definition) is 1. The molecular weight excluding hydrogens is 228 g/mol. The minimum Gasteiger partial charge on any atom is -0.383 e. The van der Waals surface area contributed by atoms with Gasteiger partial charge in [-0.3, -0.25) is 4.90 Å². The van der Waals surface area contributed by atoms with E-state index in [4.69, 9.17) is 15.2 Å². The number of ether oxygens (including phenoxy) is 2. The summed E-state index contributed by atoms with van der Waals surface area (Å²) in [5.74, 6) is 1.48. The lowest BCUT2D eigenvalue weighted by molar-refractivity contribution is 0.0536. The third-order valence-corrected chi connectivity index (χ3v) is 4.56. The molecule has 1 saturated carbocycles. The Labute approximate surface area is 111 Å². The molecule has 1 heterocycles. The van der Waals surface area contributed by atoms with Gasteiger partial charge < -0.3 is 15.2 Å². The van der Waals surface area contributed by atoms with Crippen LogP contribution in [0.1, 0.15) is 26.2 Å². The summed E-state index contributed by atoms with van der Waals surface area (Å²) in [6.45, 7) is 6.65. The fourth-order valence-corrected chi connectivity index (χ4v) is 3.17. The number of rotatable bonds is 8. The van der Waals surface area contributed by atoms with Gasteiger partial charge in [-0.15, -0.1) is 0 Å². The zero-order chi connectivity index (χ0) is 13.0. The number of nitrogens with zero attached hydrogens (tertiary/aromatic N) is 1. The molecule has 0 aromatic rings. The first-order valence-corrected chi connectivity index (χ1v) is 7.30. The molecule has 0 amide bonds. The zero-order valence-corrected chi connectivity index (χ0v) is 11.8. The average Bonchev–Trinajstić information content (AvgIpc) is 3.10. The smallest absolute Gasteiger partial charge is 0.0589 e. The van der Waals surface area contributed by atoms with Gasteiger partial charge >= 0.3 is 0 Å². The maximum absolute atomic E-state index is 6.05. The summed E-state index contributed by atoms with van der Waals surface area (Å²) < 4.78 is 10.8. The van der Waals surface area contributed by atoms with Gasteiger partial charge in [-0.25, -0.2) is 0 Å². The second-order valence-electron chi connectivity index (χ2n) is 5.74. The molecule has 0 aromatic carbocycles. The molecule has 4 nitrogen and oxygen atoms in total. The fraction of sp³-hybridized carbons (Fsp3) is 1.00. The Kier molecular flexibility index (Phi) is 5.42. The van der Waals surface area contributed by atoms with Crippen molar-refractivity contribution in [1.29, 1.82) is 0 Å². The Hall–Kier alpha value is -0.160. The van der Waals surface area contributed by atoms with E-state index in [-0.39, 0.29) is 0 Å². The van der Waals surface area contributed by atoms with Gasteiger partial charge in [0.05, 0.1) is 13.2 Å². The van der Waals surface area contributed by atoms with Crippen LogP contribution in [-0.4, -0.2) is 57.0 Å². The molecule has 18 heavy (non-hydrogen) atoms. The largest absolute Gasteiger partial charge is 0.383 e. The van der Waals surface area contributed by atoms with Crippen LogP contribution in [-0.2, 0) is 9.47 Å². The molecule has 0 radical (unpaired) electrons. The van der Waals surface area contributed by atoms with Crippen molar-refractivity contribution in [3.63, 3.8) is 0 Å². The number of methoxy groups -OCH3 is 1. The van der Waals surface area contributed by atoms with E-state index in [9.17, 15) is 0 Å². The van der Waals surface area contributed by atoms with Crippen LogP contribution in [0.2, 0.25) is 0 Å². The van der Waals surface area contributed by atoms with Crippen molar-refractivity contribution < 1.29 is 9.47 Å². The van der Waals surface area contributed by atoms with E-state index in [1.807, 2.05) is 0 Å². The fourth-order valence-electron chi connectivity index (χ4n) is 3.17. The van der Waals surface area contributed by atoms with Crippen LogP contribution in [0.4, 0.5) is 0 Å². The van der Waals surface area contributed by atoms with Crippen molar-refractivity contribution in [1.82, 2.24) is 4.90 Å². The third-order valence-electron chi connectivity index (χ3n) is 4.56. The van der Waals surface area contributed by atoms with Crippen molar-refractivity contribution in [2.45, 2.75) is 38.3 Å². The van der Waals surface area contributed by atoms with Crippen LogP contribution in [0, 0.1) is 11.8 Å². The molecular formula is C14H28N2O2. The topological polar surface area (TPSA) is 47.7 Å². The highest BCUT2D eigenvalue weighted by Gasteiger charge is 2.37.